The number of nitrogens with one attached hydrogen (secondary N) is 1. The first-order valence-corrected chi connectivity index (χ1v) is 12.8. The number of nitrogens with zero attached hydrogens (tertiary/aromatic N) is 2. The highest BCUT2D eigenvalue weighted by molar-refractivity contribution is 5.96. The first kappa shape index (κ1) is 26.0. The lowest BCUT2D eigenvalue weighted by atomic mass is 9.70. The number of carbonyl (C=O) groups is 1. The van der Waals surface area contributed by atoms with Crippen molar-refractivity contribution >= 4 is 28.6 Å². The molecule has 0 unspecified atom stereocenters. The van der Waals surface area contributed by atoms with Crippen LogP contribution < -0.4 is 10.1 Å². The fraction of sp³-hybridized carbons (Fsp3) is 0.517. The highest BCUT2D eigenvalue weighted by Gasteiger charge is 2.35. The number of fused-ring (bicyclic) bond motifs is 1. The molecule has 1 saturated carbocycles. The summed E-state index contributed by atoms with van der Waals surface area (Å²) in [5.74, 6) is 1.81. The number of hydrogen-bond acceptors (Lipinski definition) is 6. The molecule has 1 aliphatic rings. The minimum atomic E-state index is -0.388. The van der Waals surface area contributed by atoms with E-state index in [2.05, 4.69) is 30.7 Å². The van der Waals surface area contributed by atoms with Gasteiger partial charge in [0.15, 0.2) is 0 Å². The molecule has 194 valence electrons. The summed E-state index contributed by atoms with van der Waals surface area (Å²) < 4.78 is 18.6. The minimum Gasteiger partial charge on any atom is -0.491 e. The largest absolute Gasteiger partial charge is 0.491 e. The van der Waals surface area contributed by atoms with Crippen molar-refractivity contribution in [2.24, 2.45) is 11.3 Å². The highest BCUT2D eigenvalue weighted by Crippen LogP contribution is 2.46. The van der Waals surface area contributed by atoms with E-state index < -0.39 is 0 Å². The van der Waals surface area contributed by atoms with Crippen LogP contribution in [0.2, 0.25) is 0 Å². The molecule has 1 heterocycles. The molecule has 1 N–H and O–H groups in total. The maximum atomic E-state index is 12.5. The Hall–Kier alpha value is -3.06. The van der Waals surface area contributed by atoms with Gasteiger partial charge in [-0.05, 0) is 86.4 Å². The molecule has 36 heavy (non-hydrogen) atoms. The van der Waals surface area contributed by atoms with Gasteiger partial charge < -0.3 is 24.1 Å². The zero-order valence-electron chi connectivity index (χ0n) is 22.6. The molecule has 3 aromatic rings. The Bertz CT molecular complexity index is 1210. The van der Waals surface area contributed by atoms with Gasteiger partial charge in [-0.3, -0.25) is 0 Å². The predicted molar refractivity (Wildman–Crippen MR) is 143 cm³/mol. The van der Waals surface area contributed by atoms with E-state index in [1.165, 1.54) is 13.5 Å². The third-order valence-corrected chi connectivity index (χ3v) is 6.83. The fourth-order valence-electron chi connectivity index (χ4n) is 5.73. The van der Waals surface area contributed by atoms with Gasteiger partial charge in [0.2, 0.25) is 5.95 Å². The molecule has 1 fully saturated rings. The Morgan fingerprint density at radius 3 is 2.50 bits per heavy atom. The summed E-state index contributed by atoms with van der Waals surface area (Å²) in [5, 5.41) is 3.54. The van der Waals surface area contributed by atoms with Crippen LogP contribution in [0.25, 0.3) is 11.0 Å². The van der Waals surface area contributed by atoms with Gasteiger partial charge in [-0.1, -0.05) is 20.8 Å². The molecule has 2 atom stereocenters. The summed E-state index contributed by atoms with van der Waals surface area (Å²) in [7, 11) is 3.03. The van der Waals surface area contributed by atoms with Crippen LogP contribution >= 0.6 is 0 Å². The van der Waals surface area contributed by atoms with Crippen LogP contribution in [0, 0.1) is 11.3 Å². The number of anilines is 2. The molecule has 4 rings (SSSR count). The van der Waals surface area contributed by atoms with Crippen molar-refractivity contribution in [1.82, 2.24) is 9.55 Å². The zero-order chi connectivity index (χ0) is 26.0. The quantitative estimate of drug-likeness (QED) is 0.345. The highest BCUT2D eigenvalue weighted by atomic mass is 16.5. The maximum absolute atomic E-state index is 12.5. The molecule has 0 radical (unpaired) electrons. The van der Waals surface area contributed by atoms with E-state index in [0.717, 1.165) is 46.8 Å². The number of rotatable bonds is 8. The van der Waals surface area contributed by atoms with Gasteiger partial charge in [0, 0.05) is 18.8 Å². The van der Waals surface area contributed by atoms with Crippen LogP contribution in [-0.2, 0) is 16.1 Å². The van der Waals surface area contributed by atoms with E-state index >= 15 is 0 Å². The molecule has 0 bridgehead atoms. The van der Waals surface area contributed by atoms with Crippen LogP contribution in [0.4, 0.5) is 11.6 Å². The summed E-state index contributed by atoms with van der Waals surface area (Å²) in [6.45, 7) is 11.4. The Balaban J connectivity index is 1.82. The summed E-state index contributed by atoms with van der Waals surface area (Å²) in [6, 6.07) is 12.1. The number of carbonyl (C=O) groups excluding carboxylic acids is 1. The van der Waals surface area contributed by atoms with E-state index in [9.17, 15) is 4.79 Å². The summed E-state index contributed by atoms with van der Waals surface area (Å²) >= 11 is 0. The van der Waals surface area contributed by atoms with E-state index in [-0.39, 0.29) is 23.5 Å². The van der Waals surface area contributed by atoms with Crippen molar-refractivity contribution in [3.05, 3.63) is 47.5 Å². The number of aromatic nitrogens is 2. The summed E-state index contributed by atoms with van der Waals surface area (Å²) in [4.78, 5) is 17.5. The number of esters is 1. The predicted octanol–water partition coefficient (Wildman–Crippen LogP) is 6.89. The maximum Gasteiger partial charge on any atom is 0.338 e. The Morgan fingerprint density at radius 1 is 1.17 bits per heavy atom. The van der Waals surface area contributed by atoms with Gasteiger partial charge in [0.1, 0.15) is 5.75 Å². The van der Waals surface area contributed by atoms with Crippen molar-refractivity contribution in [3.63, 3.8) is 0 Å². The standard InChI is InChI=1S/C29H39N3O4/c1-18(2)36-23-10-8-21(9-11-23)30-28-31-25-14-24(27(33)35-7)20(17-34-6)13-26(25)32(28)22-12-19(3)15-29(4,5)16-22/h8-11,13-14,18-19,22H,12,15-17H2,1-7H3,(H,30,31)/t19-,22+/m1/s1. The molecule has 0 spiro atoms. The summed E-state index contributed by atoms with van der Waals surface area (Å²) in [6.07, 6.45) is 3.45. The second-order valence-electron chi connectivity index (χ2n) is 11.1. The van der Waals surface area contributed by atoms with Crippen molar-refractivity contribution < 1.29 is 19.0 Å². The number of imidazole rings is 1. The molecular weight excluding hydrogens is 454 g/mol. The Morgan fingerprint density at radius 2 is 1.89 bits per heavy atom. The number of methoxy groups -OCH3 is 2. The molecule has 2 aromatic carbocycles. The van der Waals surface area contributed by atoms with Crippen molar-refractivity contribution in [3.8, 4) is 5.75 Å². The van der Waals surface area contributed by atoms with Crippen LogP contribution in [-0.4, -0.2) is 35.8 Å². The first-order valence-electron chi connectivity index (χ1n) is 12.8. The topological polar surface area (TPSA) is 74.6 Å². The van der Waals surface area contributed by atoms with Crippen molar-refractivity contribution in [2.75, 3.05) is 19.5 Å². The molecule has 7 nitrogen and oxygen atoms in total. The smallest absolute Gasteiger partial charge is 0.338 e. The monoisotopic (exact) mass is 493 g/mol. The molecule has 7 heteroatoms. The van der Waals surface area contributed by atoms with E-state index in [1.807, 2.05) is 50.2 Å². The molecule has 1 aromatic heterocycles. The third kappa shape index (κ3) is 5.67. The van der Waals surface area contributed by atoms with Gasteiger partial charge in [-0.15, -0.1) is 0 Å². The minimum absolute atomic E-state index is 0.120. The molecule has 1 aliphatic carbocycles. The number of ether oxygens (including phenoxy) is 3. The van der Waals surface area contributed by atoms with E-state index in [1.54, 1.807) is 7.11 Å². The lowest BCUT2D eigenvalue weighted by Crippen LogP contribution is -2.29. The summed E-state index contributed by atoms with van der Waals surface area (Å²) in [5.41, 5.74) is 4.18. The lowest BCUT2D eigenvalue weighted by Gasteiger charge is -2.40. The van der Waals surface area contributed by atoms with Gasteiger partial charge in [0.05, 0.1) is 36.4 Å². The van der Waals surface area contributed by atoms with Gasteiger partial charge >= 0.3 is 5.97 Å². The second kappa shape index (κ2) is 10.5. The normalized spacial score (nSPS) is 19.4. The molecule has 0 aliphatic heterocycles. The molecular formula is C29H39N3O4. The zero-order valence-corrected chi connectivity index (χ0v) is 22.6. The van der Waals surface area contributed by atoms with Crippen LogP contribution in [0.3, 0.4) is 0 Å². The Labute approximate surface area is 214 Å². The number of hydrogen-bond donors (Lipinski definition) is 1. The first-order chi connectivity index (χ1) is 17.1. The van der Waals surface area contributed by atoms with Gasteiger partial charge in [-0.25, -0.2) is 9.78 Å². The fourth-order valence-corrected chi connectivity index (χ4v) is 5.73. The van der Waals surface area contributed by atoms with Crippen molar-refractivity contribution in [1.29, 1.82) is 0 Å². The van der Waals surface area contributed by atoms with Crippen molar-refractivity contribution in [2.45, 2.75) is 72.6 Å². The van der Waals surface area contributed by atoms with Gasteiger partial charge in [0.25, 0.3) is 0 Å². The average molecular weight is 494 g/mol. The average Bonchev–Trinajstić information content (AvgIpc) is 3.14. The van der Waals surface area contributed by atoms with Gasteiger partial charge in [-0.2, -0.15) is 0 Å². The van der Waals surface area contributed by atoms with E-state index in [4.69, 9.17) is 19.2 Å². The SMILES string of the molecule is COCc1cc2c(cc1C(=O)OC)nc(Nc1ccc(OC(C)C)cc1)n2[C@H]1C[C@@H](C)CC(C)(C)C1. The van der Waals surface area contributed by atoms with Crippen LogP contribution in [0.15, 0.2) is 36.4 Å². The molecule has 0 saturated heterocycles. The van der Waals surface area contributed by atoms with Crippen LogP contribution in [0.5, 0.6) is 5.75 Å². The third-order valence-electron chi connectivity index (χ3n) is 6.83. The van der Waals surface area contributed by atoms with Crippen LogP contribution in [0.1, 0.15) is 75.8 Å². The Kier molecular flexibility index (Phi) is 7.59. The van der Waals surface area contributed by atoms with E-state index in [0.29, 0.717) is 18.1 Å². The number of benzene rings is 2. The molecule has 0 amide bonds. The second-order valence-corrected chi connectivity index (χ2v) is 11.1. The lowest BCUT2D eigenvalue weighted by molar-refractivity contribution is 0.0596.